The minimum atomic E-state index is -0.395. The molecule has 20 heavy (non-hydrogen) atoms. The monoisotopic (exact) mass is 292 g/mol. The Morgan fingerprint density at radius 3 is 2.75 bits per heavy atom. The lowest BCUT2D eigenvalue weighted by molar-refractivity contribution is 0.251. The molecule has 0 aliphatic carbocycles. The van der Waals surface area contributed by atoms with Crippen LogP contribution in [0.1, 0.15) is 11.1 Å². The highest BCUT2D eigenvalue weighted by Crippen LogP contribution is 2.13. The van der Waals surface area contributed by atoms with Crippen molar-refractivity contribution < 1.29 is 9.18 Å². The fraction of sp³-hybridized carbons (Fsp3) is 0.133. The number of hydrogen-bond donors (Lipinski definition) is 2. The fourth-order valence-corrected chi connectivity index (χ4v) is 1.89. The van der Waals surface area contributed by atoms with Gasteiger partial charge in [0.25, 0.3) is 0 Å². The smallest absolute Gasteiger partial charge is 0.319 e. The largest absolute Gasteiger partial charge is 0.334 e. The van der Waals surface area contributed by atoms with Crippen LogP contribution >= 0.6 is 11.6 Å². The molecule has 0 fully saturated rings. The quantitative estimate of drug-likeness (QED) is 0.878. The summed E-state index contributed by atoms with van der Waals surface area (Å²) >= 11 is 5.85. The zero-order valence-electron chi connectivity index (χ0n) is 10.9. The molecule has 0 aromatic heterocycles. The summed E-state index contributed by atoms with van der Waals surface area (Å²) in [7, 11) is 0. The molecule has 104 valence electrons. The Morgan fingerprint density at radius 2 is 2.05 bits per heavy atom. The van der Waals surface area contributed by atoms with Crippen molar-refractivity contribution in [1.29, 1.82) is 0 Å². The van der Waals surface area contributed by atoms with Gasteiger partial charge in [-0.2, -0.15) is 0 Å². The van der Waals surface area contributed by atoms with Gasteiger partial charge in [0.15, 0.2) is 0 Å². The third-order valence-corrected chi connectivity index (χ3v) is 3.01. The minimum absolute atomic E-state index is 0.348. The van der Waals surface area contributed by atoms with E-state index >= 15 is 0 Å². The Balaban J connectivity index is 1.91. The third kappa shape index (κ3) is 3.96. The Bertz CT molecular complexity index is 631. The molecule has 2 amide bonds. The maximum Gasteiger partial charge on any atom is 0.319 e. The summed E-state index contributed by atoms with van der Waals surface area (Å²) in [6.07, 6.45) is 0. The van der Waals surface area contributed by atoms with Gasteiger partial charge < -0.3 is 10.6 Å². The molecular weight excluding hydrogens is 279 g/mol. The molecule has 2 N–H and O–H groups in total. The molecule has 5 heteroatoms. The zero-order chi connectivity index (χ0) is 14.5. The van der Waals surface area contributed by atoms with E-state index in [1.807, 2.05) is 12.1 Å². The first-order valence-electron chi connectivity index (χ1n) is 6.10. The topological polar surface area (TPSA) is 41.1 Å². The Kier molecular flexibility index (Phi) is 4.58. The van der Waals surface area contributed by atoms with Gasteiger partial charge in [0.2, 0.25) is 0 Å². The molecule has 2 aromatic rings. The second kappa shape index (κ2) is 6.39. The van der Waals surface area contributed by atoms with Crippen molar-refractivity contribution in [2.24, 2.45) is 0 Å². The highest BCUT2D eigenvalue weighted by atomic mass is 35.5. The molecule has 2 rings (SSSR count). The van der Waals surface area contributed by atoms with Crippen LogP contribution in [-0.2, 0) is 6.54 Å². The van der Waals surface area contributed by atoms with Crippen molar-refractivity contribution in [3.8, 4) is 0 Å². The second-order valence-corrected chi connectivity index (χ2v) is 4.84. The molecule has 0 aliphatic heterocycles. The van der Waals surface area contributed by atoms with Gasteiger partial charge in [-0.25, -0.2) is 9.18 Å². The molecule has 0 saturated heterocycles. The molecule has 0 unspecified atom stereocenters. The van der Waals surface area contributed by atoms with E-state index in [1.165, 1.54) is 6.07 Å². The van der Waals surface area contributed by atoms with Crippen molar-refractivity contribution >= 4 is 23.3 Å². The zero-order valence-corrected chi connectivity index (χ0v) is 11.7. The average molecular weight is 293 g/mol. The van der Waals surface area contributed by atoms with Crippen LogP contribution in [0.4, 0.5) is 14.9 Å². The number of carbonyl (C=O) groups excluding carboxylic acids is 1. The van der Waals surface area contributed by atoms with Crippen LogP contribution in [0.3, 0.4) is 0 Å². The van der Waals surface area contributed by atoms with Crippen LogP contribution in [0.25, 0.3) is 0 Å². The number of halogens is 2. The van der Waals surface area contributed by atoms with Crippen LogP contribution in [0, 0.1) is 12.7 Å². The van der Waals surface area contributed by atoms with Crippen molar-refractivity contribution in [3.05, 3.63) is 64.4 Å². The van der Waals surface area contributed by atoms with Gasteiger partial charge in [0.1, 0.15) is 5.82 Å². The van der Waals surface area contributed by atoms with Gasteiger partial charge in [-0.15, -0.1) is 0 Å². The lowest BCUT2D eigenvalue weighted by Gasteiger charge is -2.08. The van der Waals surface area contributed by atoms with Gasteiger partial charge in [-0.3, -0.25) is 0 Å². The summed E-state index contributed by atoms with van der Waals surface area (Å²) in [6.45, 7) is 2.01. The molecule has 0 atom stereocenters. The van der Waals surface area contributed by atoms with Crippen LogP contribution in [0.2, 0.25) is 5.02 Å². The standard InChI is InChI=1S/C15H14ClFN2O/c1-10-5-6-13(8-14(10)17)19-15(20)18-9-11-3-2-4-12(16)7-11/h2-8H,9H2,1H3,(H2,18,19,20). The van der Waals surface area contributed by atoms with Crippen molar-refractivity contribution in [1.82, 2.24) is 5.32 Å². The van der Waals surface area contributed by atoms with Gasteiger partial charge in [0, 0.05) is 17.3 Å². The number of rotatable bonds is 3. The van der Waals surface area contributed by atoms with E-state index < -0.39 is 6.03 Å². The van der Waals surface area contributed by atoms with Crippen molar-refractivity contribution in [3.63, 3.8) is 0 Å². The number of urea groups is 1. The first-order valence-corrected chi connectivity index (χ1v) is 6.48. The summed E-state index contributed by atoms with van der Waals surface area (Å²) < 4.78 is 13.3. The summed E-state index contributed by atoms with van der Waals surface area (Å²) in [4.78, 5) is 11.7. The highest BCUT2D eigenvalue weighted by molar-refractivity contribution is 6.30. The first kappa shape index (κ1) is 14.3. The molecule has 0 saturated carbocycles. The minimum Gasteiger partial charge on any atom is -0.334 e. The lowest BCUT2D eigenvalue weighted by atomic mass is 10.2. The van der Waals surface area contributed by atoms with Crippen LogP contribution in [0.5, 0.6) is 0 Å². The number of carbonyl (C=O) groups is 1. The molecule has 3 nitrogen and oxygen atoms in total. The Morgan fingerprint density at radius 1 is 1.25 bits per heavy atom. The summed E-state index contributed by atoms with van der Waals surface area (Å²) in [6, 6.07) is 11.4. The molecule has 0 heterocycles. The van der Waals surface area contributed by atoms with Crippen molar-refractivity contribution in [2.45, 2.75) is 13.5 Å². The second-order valence-electron chi connectivity index (χ2n) is 4.40. The lowest BCUT2D eigenvalue weighted by Crippen LogP contribution is -2.28. The van der Waals surface area contributed by atoms with Gasteiger partial charge >= 0.3 is 6.03 Å². The number of anilines is 1. The van der Waals surface area contributed by atoms with Crippen LogP contribution in [0.15, 0.2) is 42.5 Å². The fourth-order valence-electron chi connectivity index (χ4n) is 1.68. The summed E-state index contributed by atoms with van der Waals surface area (Å²) in [5, 5.41) is 5.87. The molecule has 0 aliphatic rings. The molecule has 0 bridgehead atoms. The van der Waals surface area contributed by atoms with Crippen LogP contribution in [-0.4, -0.2) is 6.03 Å². The molecule has 0 spiro atoms. The van der Waals surface area contributed by atoms with E-state index in [9.17, 15) is 9.18 Å². The number of amides is 2. The maximum absolute atomic E-state index is 13.3. The van der Waals surface area contributed by atoms with Crippen molar-refractivity contribution in [2.75, 3.05) is 5.32 Å². The predicted molar refractivity (Wildman–Crippen MR) is 78.4 cm³/mol. The number of benzene rings is 2. The number of nitrogens with one attached hydrogen (secondary N) is 2. The van der Waals surface area contributed by atoms with E-state index in [2.05, 4.69) is 10.6 Å². The third-order valence-electron chi connectivity index (χ3n) is 2.77. The SMILES string of the molecule is Cc1ccc(NC(=O)NCc2cccc(Cl)c2)cc1F. The van der Waals surface area contributed by atoms with Gasteiger partial charge in [-0.1, -0.05) is 29.8 Å². The molecule has 2 aromatic carbocycles. The Labute approximate surface area is 121 Å². The molecular formula is C15H14ClFN2O. The number of aryl methyl sites for hydroxylation is 1. The Hall–Kier alpha value is -2.07. The maximum atomic E-state index is 13.3. The molecule has 0 radical (unpaired) electrons. The summed E-state index contributed by atoms with van der Waals surface area (Å²) in [5.41, 5.74) is 1.84. The van der Waals surface area contributed by atoms with E-state index in [0.717, 1.165) is 5.56 Å². The number of hydrogen-bond acceptors (Lipinski definition) is 1. The van der Waals surface area contributed by atoms with E-state index in [0.29, 0.717) is 22.8 Å². The van der Waals surface area contributed by atoms with E-state index in [1.54, 1.807) is 31.2 Å². The van der Waals surface area contributed by atoms with Crippen LogP contribution < -0.4 is 10.6 Å². The first-order chi connectivity index (χ1) is 9.54. The van der Waals surface area contributed by atoms with Gasteiger partial charge in [0.05, 0.1) is 0 Å². The van der Waals surface area contributed by atoms with Gasteiger partial charge in [-0.05, 0) is 42.3 Å². The predicted octanol–water partition coefficient (Wildman–Crippen LogP) is 4.11. The van der Waals surface area contributed by atoms with E-state index in [-0.39, 0.29) is 5.82 Å². The highest BCUT2D eigenvalue weighted by Gasteiger charge is 2.04. The van der Waals surface area contributed by atoms with E-state index in [4.69, 9.17) is 11.6 Å². The normalized spacial score (nSPS) is 10.2. The average Bonchev–Trinajstić information content (AvgIpc) is 2.41. The summed E-state index contributed by atoms with van der Waals surface area (Å²) in [5.74, 6) is -0.349.